The van der Waals surface area contributed by atoms with Crippen LogP contribution in [0.3, 0.4) is 0 Å². The smallest absolute Gasteiger partial charge is 0.247 e. The van der Waals surface area contributed by atoms with Gasteiger partial charge in [0, 0.05) is 19.0 Å². The van der Waals surface area contributed by atoms with Crippen LogP contribution >= 0.6 is 0 Å². The lowest BCUT2D eigenvalue weighted by Gasteiger charge is -2.26. The van der Waals surface area contributed by atoms with Gasteiger partial charge in [0.1, 0.15) is 6.04 Å². The number of aliphatic hydroxyl groups excluding tert-OH is 1. The third-order valence-corrected chi connectivity index (χ3v) is 4.17. The molecule has 2 N–H and O–H groups in total. The van der Waals surface area contributed by atoms with E-state index in [1.54, 1.807) is 11.8 Å². The summed E-state index contributed by atoms with van der Waals surface area (Å²) >= 11 is 0. The highest BCUT2D eigenvalue weighted by atomic mass is 16.3. The normalized spacial score (nSPS) is 26.1. The molecule has 2 rings (SSSR count). The van der Waals surface area contributed by atoms with E-state index in [4.69, 9.17) is 0 Å². The summed E-state index contributed by atoms with van der Waals surface area (Å²) in [5.41, 5.74) is 0. The van der Waals surface area contributed by atoms with Gasteiger partial charge in [-0.05, 0) is 32.1 Å². The Morgan fingerprint density at radius 1 is 1.37 bits per heavy atom. The fourth-order valence-electron chi connectivity index (χ4n) is 2.57. The number of rotatable bonds is 5. The summed E-state index contributed by atoms with van der Waals surface area (Å²) < 4.78 is 0. The largest absolute Gasteiger partial charge is 0.391 e. The molecule has 1 saturated carbocycles. The Bertz CT molecular complexity index is 353. The number of hydrogen-bond acceptors (Lipinski definition) is 3. The minimum Gasteiger partial charge on any atom is -0.391 e. The third kappa shape index (κ3) is 3.47. The molecule has 1 saturated heterocycles. The van der Waals surface area contributed by atoms with Crippen LogP contribution in [-0.4, -0.2) is 47.1 Å². The number of nitrogens with zero attached hydrogens (tertiary/aromatic N) is 1. The van der Waals surface area contributed by atoms with E-state index in [2.05, 4.69) is 12.2 Å². The van der Waals surface area contributed by atoms with Gasteiger partial charge >= 0.3 is 0 Å². The van der Waals surface area contributed by atoms with E-state index in [1.807, 2.05) is 0 Å². The SMILES string of the molecule is CCC1CCN(C(=O)C(NC(=O)C2CC2)C(C)O)C1. The number of hydrogen-bond donors (Lipinski definition) is 2. The van der Waals surface area contributed by atoms with E-state index < -0.39 is 12.1 Å². The van der Waals surface area contributed by atoms with Crippen LogP contribution in [0.5, 0.6) is 0 Å². The van der Waals surface area contributed by atoms with Gasteiger partial charge in [-0.1, -0.05) is 13.3 Å². The fraction of sp³-hybridized carbons (Fsp3) is 0.857. The first-order chi connectivity index (χ1) is 9.02. The van der Waals surface area contributed by atoms with Crippen molar-refractivity contribution in [1.82, 2.24) is 10.2 Å². The molecule has 2 amide bonds. The molecule has 5 nitrogen and oxygen atoms in total. The van der Waals surface area contributed by atoms with Gasteiger partial charge < -0.3 is 15.3 Å². The van der Waals surface area contributed by atoms with Gasteiger partial charge in [-0.3, -0.25) is 9.59 Å². The Morgan fingerprint density at radius 3 is 2.53 bits per heavy atom. The van der Waals surface area contributed by atoms with Crippen LogP contribution in [0.15, 0.2) is 0 Å². The lowest BCUT2D eigenvalue weighted by Crippen LogP contribution is -2.53. The van der Waals surface area contributed by atoms with Crippen molar-refractivity contribution in [2.24, 2.45) is 11.8 Å². The summed E-state index contributed by atoms with van der Waals surface area (Å²) in [4.78, 5) is 25.9. The lowest BCUT2D eigenvalue weighted by atomic mass is 10.1. The molecule has 2 aliphatic rings. The van der Waals surface area contributed by atoms with E-state index in [9.17, 15) is 14.7 Å². The minimum absolute atomic E-state index is 0.0519. The van der Waals surface area contributed by atoms with Gasteiger partial charge in [-0.2, -0.15) is 0 Å². The van der Waals surface area contributed by atoms with Crippen molar-refractivity contribution in [1.29, 1.82) is 0 Å². The van der Waals surface area contributed by atoms with Crippen molar-refractivity contribution in [3.63, 3.8) is 0 Å². The maximum atomic E-state index is 12.4. The first kappa shape index (κ1) is 14.3. The highest BCUT2D eigenvalue weighted by Gasteiger charge is 2.37. The van der Waals surface area contributed by atoms with Gasteiger partial charge in [0.25, 0.3) is 0 Å². The molecule has 3 atom stereocenters. The van der Waals surface area contributed by atoms with Gasteiger partial charge in [-0.25, -0.2) is 0 Å². The summed E-state index contributed by atoms with van der Waals surface area (Å²) in [6, 6.07) is -0.788. The fourth-order valence-corrected chi connectivity index (χ4v) is 2.57. The minimum atomic E-state index is -0.851. The summed E-state index contributed by atoms with van der Waals surface area (Å²) in [7, 11) is 0. The number of nitrogens with one attached hydrogen (secondary N) is 1. The molecule has 1 aliphatic carbocycles. The van der Waals surface area contributed by atoms with Crippen molar-refractivity contribution in [3.05, 3.63) is 0 Å². The Morgan fingerprint density at radius 2 is 2.05 bits per heavy atom. The maximum absolute atomic E-state index is 12.4. The van der Waals surface area contributed by atoms with Crippen LogP contribution in [0.1, 0.15) is 39.5 Å². The molecule has 5 heteroatoms. The number of aliphatic hydroxyl groups is 1. The van der Waals surface area contributed by atoms with Gasteiger partial charge in [0.15, 0.2) is 0 Å². The molecule has 108 valence electrons. The summed E-state index contributed by atoms with van der Waals surface area (Å²) in [6.07, 6.45) is 3.03. The van der Waals surface area contributed by atoms with Gasteiger partial charge in [-0.15, -0.1) is 0 Å². The molecule has 0 aromatic carbocycles. The van der Waals surface area contributed by atoms with E-state index in [0.717, 1.165) is 38.8 Å². The van der Waals surface area contributed by atoms with Crippen LogP contribution in [0, 0.1) is 11.8 Å². The Kier molecular flexibility index (Phi) is 4.45. The van der Waals surface area contributed by atoms with Crippen molar-refractivity contribution in [2.45, 2.75) is 51.7 Å². The van der Waals surface area contributed by atoms with Crippen molar-refractivity contribution < 1.29 is 14.7 Å². The molecular weight excluding hydrogens is 244 g/mol. The van der Waals surface area contributed by atoms with Crippen LogP contribution in [0.4, 0.5) is 0 Å². The zero-order chi connectivity index (χ0) is 14.0. The van der Waals surface area contributed by atoms with Crippen LogP contribution < -0.4 is 5.32 Å². The topological polar surface area (TPSA) is 69.6 Å². The Hall–Kier alpha value is -1.10. The number of likely N-dealkylation sites (tertiary alicyclic amines) is 1. The summed E-state index contributed by atoms with van der Waals surface area (Å²) in [6.45, 7) is 5.17. The number of carbonyl (C=O) groups is 2. The number of amides is 2. The molecule has 1 aliphatic heterocycles. The molecule has 1 heterocycles. The lowest BCUT2D eigenvalue weighted by molar-refractivity contribution is -0.138. The second-order valence-corrected chi connectivity index (χ2v) is 5.85. The van der Waals surface area contributed by atoms with Crippen LogP contribution in [-0.2, 0) is 9.59 Å². The van der Waals surface area contributed by atoms with E-state index in [-0.39, 0.29) is 17.7 Å². The maximum Gasteiger partial charge on any atom is 0.247 e. The van der Waals surface area contributed by atoms with E-state index >= 15 is 0 Å². The first-order valence-electron chi connectivity index (χ1n) is 7.30. The zero-order valence-electron chi connectivity index (χ0n) is 11.8. The molecule has 19 heavy (non-hydrogen) atoms. The second-order valence-electron chi connectivity index (χ2n) is 5.85. The molecule has 3 unspecified atom stereocenters. The molecular formula is C14H24N2O3. The molecule has 2 fully saturated rings. The molecule has 0 aromatic heterocycles. The van der Waals surface area contributed by atoms with Crippen molar-refractivity contribution in [3.8, 4) is 0 Å². The Balaban J connectivity index is 1.94. The molecule has 0 bridgehead atoms. The average molecular weight is 268 g/mol. The molecule has 0 aromatic rings. The van der Waals surface area contributed by atoms with Crippen molar-refractivity contribution >= 4 is 11.8 Å². The van der Waals surface area contributed by atoms with Gasteiger partial charge in [0.2, 0.25) is 11.8 Å². The van der Waals surface area contributed by atoms with E-state index in [0.29, 0.717) is 5.92 Å². The Labute approximate surface area is 114 Å². The molecule has 0 spiro atoms. The molecule has 0 radical (unpaired) electrons. The highest BCUT2D eigenvalue weighted by molar-refractivity contribution is 5.89. The summed E-state index contributed by atoms with van der Waals surface area (Å²) in [5, 5.41) is 12.5. The van der Waals surface area contributed by atoms with Crippen molar-refractivity contribution in [2.75, 3.05) is 13.1 Å². The summed E-state index contributed by atoms with van der Waals surface area (Å²) in [5.74, 6) is 0.374. The standard InChI is InChI=1S/C14H24N2O3/c1-3-10-6-7-16(8-10)14(19)12(9(2)17)15-13(18)11-4-5-11/h9-12,17H,3-8H2,1-2H3,(H,15,18). The highest BCUT2D eigenvalue weighted by Crippen LogP contribution is 2.29. The predicted molar refractivity (Wildman–Crippen MR) is 71.3 cm³/mol. The van der Waals surface area contributed by atoms with Crippen LogP contribution in [0.2, 0.25) is 0 Å². The van der Waals surface area contributed by atoms with E-state index in [1.165, 1.54) is 0 Å². The quantitative estimate of drug-likeness (QED) is 0.764. The third-order valence-electron chi connectivity index (χ3n) is 4.17. The monoisotopic (exact) mass is 268 g/mol. The average Bonchev–Trinajstić information content (AvgIpc) is 3.12. The van der Waals surface area contributed by atoms with Crippen LogP contribution in [0.25, 0.3) is 0 Å². The predicted octanol–water partition coefficient (Wildman–Crippen LogP) is 0.520. The zero-order valence-corrected chi connectivity index (χ0v) is 11.8. The number of carbonyl (C=O) groups excluding carboxylic acids is 2. The van der Waals surface area contributed by atoms with Gasteiger partial charge in [0.05, 0.1) is 6.10 Å². The first-order valence-corrected chi connectivity index (χ1v) is 7.30. The second kappa shape index (κ2) is 5.90.